The smallest absolute Gasteiger partial charge is 0.407 e. The van der Waals surface area contributed by atoms with Gasteiger partial charge in [0.05, 0.1) is 5.92 Å². The minimum Gasteiger partial charge on any atom is -0.481 e. The van der Waals surface area contributed by atoms with Crippen molar-refractivity contribution in [3.05, 3.63) is 29.8 Å². The Labute approximate surface area is 166 Å². The molecule has 1 aromatic rings. The molecule has 3 N–H and O–H groups in total. The summed E-state index contributed by atoms with van der Waals surface area (Å²) >= 11 is 0. The van der Waals surface area contributed by atoms with Crippen LogP contribution >= 0.6 is 0 Å². The van der Waals surface area contributed by atoms with Gasteiger partial charge in [-0.2, -0.15) is 0 Å². The molecule has 0 bridgehead atoms. The van der Waals surface area contributed by atoms with Crippen molar-refractivity contribution in [1.82, 2.24) is 5.32 Å². The van der Waals surface area contributed by atoms with E-state index < -0.39 is 17.7 Å². The number of amides is 2. The molecule has 0 aliphatic rings. The lowest BCUT2D eigenvalue weighted by atomic mass is 10.0. The SMILES string of the molecule is CC(CCCCCC(=O)Nc1ccc(CNC(=O)OC(C)(C)C)cc1)C(=O)O. The Kier molecular flexibility index (Phi) is 9.48. The van der Waals surface area contributed by atoms with Crippen LogP contribution in [0.4, 0.5) is 10.5 Å². The Hall–Kier alpha value is -2.57. The van der Waals surface area contributed by atoms with Crippen molar-refractivity contribution < 1.29 is 24.2 Å². The number of hydrogen-bond acceptors (Lipinski definition) is 4. The first-order valence-electron chi connectivity index (χ1n) is 9.65. The van der Waals surface area contributed by atoms with E-state index in [9.17, 15) is 14.4 Å². The number of aliphatic carboxylic acids is 1. The molecule has 0 spiro atoms. The zero-order valence-electron chi connectivity index (χ0n) is 17.2. The number of anilines is 1. The molecular weight excluding hydrogens is 360 g/mol. The number of nitrogens with one attached hydrogen (secondary N) is 2. The molecule has 7 nitrogen and oxygen atoms in total. The molecule has 0 aliphatic carbocycles. The molecule has 0 radical (unpaired) electrons. The summed E-state index contributed by atoms with van der Waals surface area (Å²) in [4.78, 5) is 34.4. The van der Waals surface area contributed by atoms with Crippen molar-refractivity contribution >= 4 is 23.7 Å². The molecule has 0 heterocycles. The fraction of sp³-hybridized carbons (Fsp3) is 0.571. The van der Waals surface area contributed by atoms with E-state index in [2.05, 4.69) is 10.6 Å². The van der Waals surface area contributed by atoms with Crippen molar-refractivity contribution in [2.24, 2.45) is 5.92 Å². The molecule has 2 amide bonds. The molecule has 0 fully saturated rings. The maximum Gasteiger partial charge on any atom is 0.407 e. The number of hydrogen-bond donors (Lipinski definition) is 3. The van der Waals surface area contributed by atoms with Crippen LogP contribution in [0.1, 0.15) is 65.4 Å². The van der Waals surface area contributed by atoms with Gasteiger partial charge in [-0.05, 0) is 51.3 Å². The minimum atomic E-state index is -0.775. The first-order valence-corrected chi connectivity index (χ1v) is 9.65. The van der Waals surface area contributed by atoms with Gasteiger partial charge >= 0.3 is 12.1 Å². The lowest BCUT2D eigenvalue weighted by Gasteiger charge is -2.19. The van der Waals surface area contributed by atoms with Crippen molar-refractivity contribution in [3.8, 4) is 0 Å². The van der Waals surface area contributed by atoms with E-state index in [0.717, 1.165) is 24.8 Å². The van der Waals surface area contributed by atoms with Crippen molar-refractivity contribution in [1.29, 1.82) is 0 Å². The minimum absolute atomic E-state index is 0.0640. The number of carbonyl (C=O) groups excluding carboxylic acids is 2. The van der Waals surface area contributed by atoms with Crippen LogP contribution in [0.25, 0.3) is 0 Å². The third kappa shape index (κ3) is 10.5. The van der Waals surface area contributed by atoms with Crippen LogP contribution in [-0.4, -0.2) is 28.7 Å². The van der Waals surface area contributed by atoms with E-state index >= 15 is 0 Å². The molecule has 0 saturated heterocycles. The molecule has 1 atom stereocenters. The molecule has 7 heteroatoms. The maximum atomic E-state index is 12.0. The highest BCUT2D eigenvalue weighted by Crippen LogP contribution is 2.13. The molecule has 1 unspecified atom stereocenters. The fourth-order valence-electron chi connectivity index (χ4n) is 2.45. The quantitative estimate of drug-likeness (QED) is 0.514. The summed E-state index contributed by atoms with van der Waals surface area (Å²) in [6, 6.07) is 7.25. The zero-order valence-corrected chi connectivity index (χ0v) is 17.2. The van der Waals surface area contributed by atoms with E-state index in [1.807, 2.05) is 12.1 Å². The van der Waals surface area contributed by atoms with E-state index in [0.29, 0.717) is 25.1 Å². The largest absolute Gasteiger partial charge is 0.481 e. The normalized spacial score (nSPS) is 12.1. The summed E-state index contributed by atoms with van der Waals surface area (Å²) < 4.78 is 5.18. The van der Waals surface area contributed by atoms with Crippen molar-refractivity contribution in [2.75, 3.05) is 5.32 Å². The molecular formula is C21H32N2O5. The number of ether oxygens (including phenoxy) is 1. The molecule has 0 saturated carbocycles. The summed E-state index contributed by atoms with van der Waals surface area (Å²) in [5, 5.41) is 14.3. The molecule has 28 heavy (non-hydrogen) atoms. The number of unbranched alkanes of at least 4 members (excludes halogenated alkanes) is 2. The molecule has 0 aromatic heterocycles. The molecule has 156 valence electrons. The van der Waals surface area contributed by atoms with Gasteiger partial charge in [0.2, 0.25) is 5.91 Å². The Bertz CT molecular complexity index is 650. The van der Waals surface area contributed by atoms with Crippen LogP contribution in [0.15, 0.2) is 24.3 Å². The predicted octanol–water partition coefficient (Wildman–Crippen LogP) is 4.32. The third-order valence-corrected chi connectivity index (χ3v) is 4.04. The van der Waals surface area contributed by atoms with Gasteiger partial charge in [0, 0.05) is 18.7 Å². The standard InChI is InChI=1S/C21H32N2O5/c1-15(19(25)26)8-6-5-7-9-18(24)23-17-12-10-16(11-13-17)14-22-20(27)28-21(2,3)4/h10-13,15H,5-9,14H2,1-4H3,(H,22,27)(H,23,24)(H,25,26). The van der Waals surface area contributed by atoms with Crippen LogP contribution < -0.4 is 10.6 Å². The highest BCUT2D eigenvalue weighted by molar-refractivity contribution is 5.90. The summed E-state index contributed by atoms with van der Waals surface area (Å²) in [5.74, 6) is -1.18. The zero-order chi connectivity index (χ0) is 21.2. The molecule has 1 aromatic carbocycles. The lowest BCUT2D eigenvalue weighted by molar-refractivity contribution is -0.141. The maximum absolute atomic E-state index is 12.0. The Morgan fingerprint density at radius 3 is 2.29 bits per heavy atom. The lowest BCUT2D eigenvalue weighted by Crippen LogP contribution is -2.32. The fourth-order valence-corrected chi connectivity index (χ4v) is 2.45. The highest BCUT2D eigenvalue weighted by Gasteiger charge is 2.15. The average molecular weight is 392 g/mol. The third-order valence-electron chi connectivity index (χ3n) is 4.04. The summed E-state index contributed by atoms with van der Waals surface area (Å²) in [6.07, 6.45) is 2.94. The Morgan fingerprint density at radius 2 is 1.71 bits per heavy atom. The second kappa shape index (κ2) is 11.3. The van der Waals surface area contributed by atoms with Gasteiger partial charge in [-0.1, -0.05) is 31.9 Å². The number of carboxylic acid groups (broad SMARTS) is 1. The topological polar surface area (TPSA) is 105 Å². The summed E-state index contributed by atoms with van der Waals surface area (Å²) in [6.45, 7) is 7.46. The van der Waals surface area contributed by atoms with Gasteiger partial charge in [0.25, 0.3) is 0 Å². The highest BCUT2D eigenvalue weighted by atomic mass is 16.6. The predicted molar refractivity (Wildman–Crippen MR) is 108 cm³/mol. The number of benzene rings is 1. The Balaban J connectivity index is 2.27. The molecule has 0 aliphatic heterocycles. The van der Waals surface area contributed by atoms with Gasteiger partial charge in [0.1, 0.15) is 5.60 Å². The van der Waals surface area contributed by atoms with E-state index in [1.165, 1.54) is 0 Å². The van der Waals surface area contributed by atoms with Gasteiger partial charge in [0.15, 0.2) is 0 Å². The summed E-state index contributed by atoms with van der Waals surface area (Å²) in [5.41, 5.74) is 1.06. The van der Waals surface area contributed by atoms with Crippen LogP contribution in [0, 0.1) is 5.92 Å². The number of alkyl carbamates (subject to hydrolysis) is 1. The number of rotatable bonds is 10. The molecule has 1 rings (SSSR count). The average Bonchev–Trinajstić information content (AvgIpc) is 2.59. The number of carbonyl (C=O) groups is 3. The van der Waals surface area contributed by atoms with E-state index in [4.69, 9.17) is 9.84 Å². The van der Waals surface area contributed by atoms with Crippen LogP contribution in [0.3, 0.4) is 0 Å². The van der Waals surface area contributed by atoms with Crippen LogP contribution in [-0.2, 0) is 20.9 Å². The van der Waals surface area contributed by atoms with Crippen molar-refractivity contribution in [3.63, 3.8) is 0 Å². The van der Waals surface area contributed by atoms with Gasteiger partial charge in [-0.25, -0.2) is 4.79 Å². The number of carboxylic acids is 1. The van der Waals surface area contributed by atoms with Crippen LogP contribution in [0.5, 0.6) is 0 Å². The van der Waals surface area contributed by atoms with E-state index in [-0.39, 0.29) is 11.8 Å². The van der Waals surface area contributed by atoms with Crippen molar-refractivity contribution in [2.45, 2.75) is 71.9 Å². The van der Waals surface area contributed by atoms with Gasteiger partial charge < -0.3 is 20.5 Å². The monoisotopic (exact) mass is 392 g/mol. The van der Waals surface area contributed by atoms with Gasteiger partial charge in [-0.15, -0.1) is 0 Å². The summed E-state index contributed by atoms with van der Waals surface area (Å²) in [7, 11) is 0. The second-order valence-corrected chi connectivity index (χ2v) is 7.94. The Morgan fingerprint density at radius 1 is 1.07 bits per heavy atom. The van der Waals surface area contributed by atoms with Crippen LogP contribution in [0.2, 0.25) is 0 Å². The first-order chi connectivity index (χ1) is 13.1. The second-order valence-electron chi connectivity index (χ2n) is 7.94. The first kappa shape index (κ1) is 23.5. The van der Waals surface area contributed by atoms with E-state index in [1.54, 1.807) is 39.8 Å². The van der Waals surface area contributed by atoms with Gasteiger partial charge in [-0.3, -0.25) is 9.59 Å².